The predicted molar refractivity (Wildman–Crippen MR) is 40.9 cm³/mol. The molecule has 0 radical (unpaired) electrons. The molecule has 0 bridgehead atoms. The first-order valence-corrected chi connectivity index (χ1v) is 3.47. The van der Waals surface area contributed by atoms with Crippen LogP contribution < -0.4 is 0 Å². The lowest BCUT2D eigenvalue weighted by Crippen LogP contribution is -2.18. The summed E-state index contributed by atoms with van der Waals surface area (Å²) in [5.74, 6) is -0.556. The number of hydrogen-bond acceptors (Lipinski definition) is 4. The van der Waals surface area contributed by atoms with E-state index < -0.39 is 5.97 Å². The minimum atomic E-state index is -0.556. The number of hydrogen-bond donors (Lipinski definition) is 0. The first kappa shape index (κ1) is 9.36. The summed E-state index contributed by atoms with van der Waals surface area (Å²) in [5.41, 5.74) is 0. The minimum Gasteiger partial charge on any atom is -0.479 e. The standard InChI is InChI=1S/C6H10O3S/c1-3-8-5(7)6(10)9-4-2/h3-4H2,1-2H3. The molecule has 0 aliphatic heterocycles. The third kappa shape index (κ3) is 3.40. The molecule has 0 saturated carbocycles. The highest BCUT2D eigenvalue weighted by molar-refractivity contribution is 7.81. The molecule has 3 nitrogen and oxygen atoms in total. The molecule has 0 amide bonds. The van der Waals surface area contributed by atoms with Crippen molar-refractivity contribution in [3.63, 3.8) is 0 Å². The van der Waals surface area contributed by atoms with Crippen molar-refractivity contribution in [3.8, 4) is 0 Å². The fourth-order valence-electron chi connectivity index (χ4n) is 0.380. The Morgan fingerprint density at radius 3 is 2.20 bits per heavy atom. The van der Waals surface area contributed by atoms with Gasteiger partial charge in [-0.2, -0.15) is 0 Å². The average Bonchev–Trinajstić information content (AvgIpc) is 1.89. The van der Waals surface area contributed by atoms with E-state index in [1.807, 2.05) is 0 Å². The van der Waals surface area contributed by atoms with Gasteiger partial charge in [0.15, 0.2) is 0 Å². The molecule has 0 aromatic carbocycles. The van der Waals surface area contributed by atoms with Crippen molar-refractivity contribution >= 4 is 23.2 Å². The summed E-state index contributed by atoms with van der Waals surface area (Å²) in [4.78, 5) is 10.6. The average molecular weight is 162 g/mol. The van der Waals surface area contributed by atoms with Crippen molar-refractivity contribution in [3.05, 3.63) is 0 Å². The fourth-order valence-corrected chi connectivity index (χ4v) is 0.557. The maximum absolute atomic E-state index is 10.6. The largest absolute Gasteiger partial charge is 0.479 e. The summed E-state index contributed by atoms with van der Waals surface area (Å²) in [6, 6.07) is 0. The van der Waals surface area contributed by atoms with Crippen LogP contribution >= 0.6 is 12.2 Å². The molecule has 0 atom stereocenters. The summed E-state index contributed by atoms with van der Waals surface area (Å²) in [6.45, 7) is 4.20. The third-order valence-electron chi connectivity index (χ3n) is 0.718. The first-order chi connectivity index (χ1) is 4.72. The van der Waals surface area contributed by atoms with Gasteiger partial charge in [-0.1, -0.05) is 0 Å². The van der Waals surface area contributed by atoms with Gasteiger partial charge in [-0.05, 0) is 26.1 Å². The Morgan fingerprint density at radius 2 is 1.80 bits per heavy atom. The number of carbonyl (C=O) groups is 1. The zero-order valence-corrected chi connectivity index (χ0v) is 6.86. The van der Waals surface area contributed by atoms with Gasteiger partial charge in [-0.25, -0.2) is 4.79 Å². The van der Waals surface area contributed by atoms with Crippen LogP contribution in [0.3, 0.4) is 0 Å². The Labute approximate surface area is 65.3 Å². The Balaban J connectivity index is 3.60. The lowest BCUT2D eigenvalue weighted by molar-refractivity contribution is -0.136. The van der Waals surface area contributed by atoms with E-state index >= 15 is 0 Å². The zero-order chi connectivity index (χ0) is 7.98. The third-order valence-corrected chi connectivity index (χ3v) is 1.00. The van der Waals surface area contributed by atoms with E-state index in [4.69, 9.17) is 4.74 Å². The number of thiocarbonyl (C=S) groups is 1. The van der Waals surface area contributed by atoms with Crippen LogP contribution in [-0.2, 0) is 14.3 Å². The molecule has 0 aliphatic carbocycles. The van der Waals surface area contributed by atoms with Gasteiger partial charge in [0.25, 0.3) is 5.05 Å². The highest BCUT2D eigenvalue weighted by Crippen LogP contribution is 1.86. The second-order valence-electron chi connectivity index (χ2n) is 1.44. The van der Waals surface area contributed by atoms with Crippen LogP contribution in [0.1, 0.15) is 13.8 Å². The molecule has 0 saturated heterocycles. The van der Waals surface area contributed by atoms with Crippen LogP contribution in [0, 0.1) is 0 Å². The molecule has 0 spiro atoms. The van der Waals surface area contributed by atoms with E-state index in [0.717, 1.165) is 0 Å². The summed E-state index contributed by atoms with van der Waals surface area (Å²) in [5, 5.41) is -0.0932. The van der Waals surface area contributed by atoms with Gasteiger partial charge >= 0.3 is 5.97 Å². The lowest BCUT2D eigenvalue weighted by Gasteiger charge is -2.02. The maximum atomic E-state index is 10.6. The lowest BCUT2D eigenvalue weighted by atomic mass is 10.7. The van der Waals surface area contributed by atoms with E-state index in [2.05, 4.69) is 17.0 Å². The summed E-state index contributed by atoms with van der Waals surface area (Å²) >= 11 is 4.54. The number of esters is 1. The highest BCUT2D eigenvalue weighted by atomic mass is 32.1. The molecule has 58 valence electrons. The molecule has 0 unspecified atom stereocenters. The molecule has 0 rings (SSSR count). The van der Waals surface area contributed by atoms with Gasteiger partial charge in [0.2, 0.25) is 0 Å². The van der Waals surface area contributed by atoms with Crippen molar-refractivity contribution in [1.29, 1.82) is 0 Å². The normalized spacial score (nSPS) is 8.60. The molecule has 10 heavy (non-hydrogen) atoms. The van der Waals surface area contributed by atoms with E-state index in [1.54, 1.807) is 13.8 Å². The predicted octanol–water partition coefficient (Wildman–Crippen LogP) is 0.913. The fraction of sp³-hybridized carbons (Fsp3) is 0.667. The van der Waals surface area contributed by atoms with Crippen LogP contribution in [0.15, 0.2) is 0 Å². The SMILES string of the molecule is CCOC(=O)C(=S)OCC. The van der Waals surface area contributed by atoms with Crippen molar-refractivity contribution < 1.29 is 14.3 Å². The maximum Gasteiger partial charge on any atom is 0.385 e. The molecular weight excluding hydrogens is 152 g/mol. The van der Waals surface area contributed by atoms with Crippen LogP contribution in [0.25, 0.3) is 0 Å². The summed E-state index contributed by atoms with van der Waals surface area (Å²) in [7, 11) is 0. The molecule has 0 aromatic rings. The second kappa shape index (κ2) is 5.17. The first-order valence-electron chi connectivity index (χ1n) is 3.06. The molecule has 0 fully saturated rings. The van der Waals surface area contributed by atoms with Gasteiger partial charge in [-0.15, -0.1) is 0 Å². The molecule has 0 aliphatic rings. The van der Waals surface area contributed by atoms with Crippen molar-refractivity contribution in [2.45, 2.75) is 13.8 Å². The Morgan fingerprint density at radius 1 is 1.30 bits per heavy atom. The zero-order valence-electron chi connectivity index (χ0n) is 6.05. The highest BCUT2D eigenvalue weighted by Gasteiger charge is 2.09. The molecule has 0 N–H and O–H groups in total. The Hall–Kier alpha value is -0.640. The van der Waals surface area contributed by atoms with Gasteiger partial charge in [0.05, 0.1) is 13.2 Å². The summed E-state index contributed by atoms with van der Waals surface area (Å²) in [6.07, 6.45) is 0. The summed E-state index contributed by atoms with van der Waals surface area (Å²) < 4.78 is 9.26. The second-order valence-corrected chi connectivity index (χ2v) is 1.81. The smallest absolute Gasteiger partial charge is 0.385 e. The van der Waals surface area contributed by atoms with Crippen molar-refractivity contribution in [2.75, 3.05) is 13.2 Å². The molecule has 4 heteroatoms. The minimum absolute atomic E-state index is 0.0932. The van der Waals surface area contributed by atoms with E-state index in [0.29, 0.717) is 13.2 Å². The van der Waals surface area contributed by atoms with E-state index in [-0.39, 0.29) is 5.05 Å². The molecule has 0 aromatic heterocycles. The number of rotatable bonds is 2. The number of ether oxygens (including phenoxy) is 2. The monoisotopic (exact) mass is 162 g/mol. The van der Waals surface area contributed by atoms with Crippen LogP contribution in [-0.4, -0.2) is 24.2 Å². The van der Waals surface area contributed by atoms with Crippen LogP contribution in [0.4, 0.5) is 0 Å². The molecule has 0 heterocycles. The Bertz CT molecular complexity index is 117. The molecular formula is C6H10O3S. The van der Waals surface area contributed by atoms with Crippen LogP contribution in [0.5, 0.6) is 0 Å². The van der Waals surface area contributed by atoms with Crippen molar-refractivity contribution in [1.82, 2.24) is 0 Å². The van der Waals surface area contributed by atoms with Gasteiger partial charge in [0.1, 0.15) is 0 Å². The van der Waals surface area contributed by atoms with Gasteiger partial charge in [0, 0.05) is 0 Å². The van der Waals surface area contributed by atoms with Crippen LogP contribution in [0.2, 0.25) is 0 Å². The van der Waals surface area contributed by atoms with E-state index in [9.17, 15) is 4.79 Å². The van der Waals surface area contributed by atoms with Gasteiger partial charge < -0.3 is 9.47 Å². The van der Waals surface area contributed by atoms with E-state index in [1.165, 1.54) is 0 Å². The quantitative estimate of drug-likeness (QED) is 0.446. The number of carbonyl (C=O) groups excluding carboxylic acids is 1. The van der Waals surface area contributed by atoms with Gasteiger partial charge in [-0.3, -0.25) is 0 Å². The van der Waals surface area contributed by atoms with Crippen molar-refractivity contribution in [2.24, 2.45) is 0 Å². The Kier molecular flexibility index (Phi) is 4.84. The topological polar surface area (TPSA) is 35.5 Å².